The van der Waals surface area contributed by atoms with Crippen molar-refractivity contribution in [3.8, 4) is 6.07 Å². The number of carbonyl (C=O) groups is 1. The number of fused-ring (bicyclic) bond motifs is 1. The van der Waals surface area contributed by atoms with Crippen molar-refractivity contribution in [2.45, 2.75) is 29.9 Å². The fourth-order valence-corrected chi connectivity index (χ4v) is 4.40. The molecular formula is C16H16N6OS2. The summed E-state index contributed by atoms with van der Waals surface area (Å²) in [6, 6.07) is 10.0. The molecule has 0 N–H and O–H groups in total. The van der Waals surface area contributed by atoms with Crippen molar-refractivity contribution < 1.29 is 4.79 Å². The highest BCUT2D eigenvalue weighted by atomic mass is 32.2. The molecule has 2 aromatic rings. The standard InChI is InChI=1S/C16H16N6OS2/c1-10(2)22-16(18-19-20-22)24-9-13(23)11(8-17)15-21(3)12-6-4-5-7-14(12)25-15/h4-7,10H,9H2,1-3H3/b15-11+. The molecule has 1 aliphatic rings. The number of tetrazole rings is 1. The van der Waals surface area contributed by atoms with Crippen molar-refractivity contribution in [2.75, 3.05) is 17.7 Å². The molecule has 0 aliphatic carbocycles. The Morgan fingerprint density at radius 3 is 2.84 bits per heavy atom. The topological polar surface area (TPSA) is 87.7 Å². The molecule has 128 valence electrons. The van der Waals surface area contributed by atoms with Gasteiger partial charge in [0.2, 0.25) is 5.16 Å². The number of carbonyl (C=O) groups excluding carboxylic acids is 1. The Balaban J connectivity index is 1.79. The highest BCUT2D eigenvalue weighted by Gasteiger charge is 2.28. The van der Waals surface area contributed by atoms with E-state index < -0.39 is 0 Å². The number of aromatic nitrogens is 4. The Labute approximate surface area is 154 Å². The molecule has 3 rings (SSSR count). The fourth-order valence-electron chi connectivity index (χ4n) is 2.36. The number of benzene rings is 1. The maximum absolute atomic E-state index is 12.6. The third-order valence-corrected chi connectivity index (χ3v) is 5.80. The zero-order valence-corrected chi connectivity index (χ0v) is 15.6. The van der Waals surface area contributed by atoms with Crippen LogP contribution in [0.25, 0.3) is 0 Å². The monoisotopic (exact) mass is 372 g/mol. The van der Waals surface area contributed by atoms with Gasteiger partial charge < -0.3 is 4.90 Å². The minimum Gasteiger partial charge on any atom is -0.337 e. The summed E-state index contributed by atoms with van der Waals surface area (Å²) in [5.74, 6) is -0.113. The molecule has 0 atom stereocenters. The van der Waals surface area contributed by atoms with Crippen molar-refractivity contribution in [3.63, 3.8) is 0 Å². The van der Waals surface area contributed by atoms with E-state index in [1.165, 1.54) is 23.5 Å². The quantitative estimate of drug-likeness (QED) is 0.450. The summed E-state index contributed by atoms with van der Waals surface area (Å²) in [7, 11) is 1.87. The van der Waals surface area contributed by atoms with Gasteiger partial charge in [-0.05, 0) is 36.4 Å². The average molecular weight is 372 g/mol. The second kappa shape index (κ2) is 7.29. The van der Waals surface area contributed by atoms with Crippen LogP contribution in [0.3, 0.4) is 0 Å². The summed E-state index contributed by atoms with van der Waals surface area (Å²) in [6.07, 6.45) is 0. The zero-order chi connectivity index (χ0) is 18.0. The summed E-state index contributed by atoms with van der Waals surface area (Å²) in [6.45, 7) is 3.93. The lowest BCUT2D eigenvalue weighted by molar-refractivity contribution is -0.112. The molecule has 0 unspecified atom stereocenters. The summed E-state index contributed by atoms with van der Waals surface area (Å²) >= 11 is 2.69. The molecule has 1 aromatic carbocycles. The predicted octanol–water partition coefficient (Wildman–Crippen LogP) is 2.89. The Morgan fingerprint density at radius 1 is 1.40 bits per heavy atom. The van der Waals surface area contributed by atoms with Crippen molar-refractivity contribution in [1.29, 1.82) is 5.26 Å². The molecule has 7 nitrogen and oxygen atoms in total. The summed E-state index contributed by atoms with van der Waals surface area (Å²) in [5, 5.41) is 22.3. The van der Waals surface area contributed by atoms with Crippen molar-refractivity contribution in [3.05, 3.63) is 34.9 Å². The van der Waals surface area contributed by atoms with Crippen LogP contribution in [0.2, 0.25) is 0 Å². The van der Waals surface area contributed by atoms with Gasteiger partial charge in [-0.3, -0.25) is 4.79 Å². The highest BCUT2D eigenvalue weighted by molar-refractivity contribution is 8.03. The Morgan fingerprint density at radius 2 is 2.16 bits per heavy atom. The normalized spacial score (nSPS) is 15.2. The number of thioether (sulfide) groups is 2. The maximum atomic E-state index is 12.6. The molecule has 2 heterocycles. The predicted molar refractivity (Wildman–Crippen MR) is 97.3 cm³/mol. The fraction of sp³-hybridized carbons (Fsp3) is 0.312. The van der Waals surface area contributed by atoms with E-state index in [0.717, 1.165) is 10.6 Å². The van der Waals surface area contributed by atoms with Crippen LogP contribution >= 0.6 is 23.5 Å². The van der Waals surface area contributed by atoms with Gasteiger partial charge in [-0.15, -0.1) is 5.10 Å². The van der Waals surface area contributed by atoms with Crippen LogP contribution in [0.4, 0.5) is 5.69 Å². The summed E-state index contributed by atoms with van der Waals surface area (Å²) in [4.78, 5) is 15.5. The first kappa shape index (κ1) is 17.5. The first-order valence-corrected chi connectivity index (χ1v) is 9.42. The van der Waals surface area contributed by atoms with Gasteiger partial charge >= 0.3 is 0 Å². The number of nitriles is 1. The van der Waals surface area contributed by atoms with E-state index in [1.54, 1.807) is 4.68 Å². The van der Waals surface area contributed by atoms with Crippen LogP contribution in [0.15, 0.2) is 44.9 Å². The molecule has 1 aromatic heterocycles. The lowest BCUT2D eigenvalue weighted by Gasteiger charge is -2.14. The molecule has 0 radical (unpaired) electrons. The summed E-state index contributed by atoms with van der Waals surface area (Å²) < 4.78 is 1.66. The number of anilines is 1. The molecule has 0 saturated carbocycles. The number of allylic oxidation sites excluding steroid dienone is 1. The van der Waals surface area contributed by atoms with Gasteiger partial charge in [-0.2, -0.15) is 5.26 Å². The largest absolute Gasteiger partial charge is 0.337 e. The minimum absolute atomic E-state index is 0.104. The number of Topliss-reactive ketones (excluding diaryl/α,β-unsaturated/α-hetero) is 1. The van der Waals surface area contributed by atoms with Crippen molar-refractivity contribution in [1.82, 2.24) is 20.2 Å². The molecule has 0 saturated heterocycles. The Kier molecular flexibility index (Phi) is 5.11. The van der Waals surface area contributed by atoms with Crippen LogP contribution in [0.5, 0.6) is 0 Å². The van der Waals surface area contributed by atoms with Crippen molar-refractivity contribution in [2.24, 2.45) is 0 Å². The van der Waals surface area contributed by atoms with Gasteiger partial charge in [0.05, 0.1) is 17.5 Å². The second-order valence-electron chi connectivity index (χ2n) is 5.63. The number of rotatable bonds is 5. The van der Waals surface area contributed by atoms with Crippen LogP contribution in [-0.2, 0) is 4.79 Å². The number of ketones is 1. The van der Waals surface area contributed by atoms with E-state index in [4.69, 9.17) is 0 Å². The smallest absolute Gasteiger partial charge is 0.209 e. The molecule has 25 heavy (non-hydrogen) atoms. The number of hydrogen-bond donors (Lipinski definition) is 0. The van der Waals surface area contributed by atoms with Gasteiger partial charge in [-0.1, -0.05) is 35.7 Å². The third-order valence-electron chi connectivity index (χ3n) is 3.63. The number of para-hydroxylation sites is 1. The first-order valence-electron chi connectivity index (χ1n) is 7.61. The van der Waals surface area contributed by atoms with E-state index >= 15 is 0 Å². The van der Waals surface area contributed by atoms with E-state index in [1.807, 2.05) is 50.1 Å². The maximum Gasteiger partial charge on any atom is 0.209 e. The first-order chi connectivity index (χ1) is 12.0. The molecule has 9 heteroatoms. The minimum atomic E-state index is -0.229. The highest BCUT2D eigenvalue weighted by Crippen LogP contribution is 2.46. The number of hydrogen-bond acceptors (Lipinski definition) is 8. The number of nitrogens with zero attached hydrogens (tertiary/aromatic N) is 6. The van der Waals surface area contributed by atoms with Gasteiger partial charge in [0, 0.05) is 11.9 Å². The lowest BCUT2D eigenvalue weighted by Crippen LogP contribution is -2.16. The van der Waals surface area contributed by atoms with E-state index in [0.29, 0.717) is 10.2 Å². The summed E-state index contributed by atoms with van der Waals surface area (Å²) in [5.41, 5.74) is 1.17. The van der Waals surface area contributed by atoms with Gasteiger partial charge in [0.15, 0.2) is 5.78 Å². The molecule has 0 amide bonds. The van der Waals surface area contributed by atoms with Crippen LogP contribution < -0.4 is 4.90 Å². The SMILES string of the molecule is CC(C)n1nnnc1SCC(=O)/C(C#N)=C1/Sc2ccccc2N1C. The van der Waals surface area contributed by atoms with Gasteiger partial charge in [0.25, 0.3) is 0 Å². The van der Waals surface area contributed by atoms with E-state index in [9.17, 15) is 10.1 Å². The molecular weight excluding hydrogens is 356 g/mol. The van der Waals surface area contributed by atoms with E-state index in [-0.39, 0.29) is 23.2 Å². The van der Waals surface area contributed by atoms with Crippen LogP contribution in [0.1, 0.15) is 19.9 Å². The molecule has 0 spiro atoms. The lowest BCUT2D eigenvalue weighted by atomic mass is 10.2. The Hall–Kier alpha value is -2.31. The van der Waals surface area contributed by atoms with Crippen LogP contribution in [-0.4, -0.2) is 38.8 Å². The molecule has 0 fully saturated rings. The average Bonchev–Trinajstić information content (AvgIpc) is 3.20. The molecule has 1 aliphatic heterocycles. The van der Waals surface area contributed by atoms with Gasteiger partial charge in [0.1, 0.15) is 16.7 Å². The third kappa shape index (κ3) is 3.41. The van der Waals surface area contributed by atoms with Crippen LogP contribution in [0, 0.1) is 11.3 Å². The molecule has 0 bridgehead atoms. The van der Waals surface area contributed by atoms with Crippen molar-refractivity contribution >= 4 is 35.0 Å². The van der Waals surface area contributed by atoms with E-state index in [2.05, 4.69) is 21.6 Å². The Bertz CT molecular complexity index is 883. The second-order valence-corrected chi connectivity index (χ2v) is 7.61. The zero-order valence-electron chi connectivity index (χ0n) is 14.0. The van der Waals surface area contributed by atoms with Gasteiger partial charge in [-0.25, -0.2) is 4.68 Å².